The van der Waals surface area contributed by atoms with Gasteiger partial charge in [-0.1, -0.05) is 72.8 Å². The quantitative estimate of drug-likeness (QED) is 0.661. The maximum Gasteiger partial charge on any atom is 0.417 e. The third-order valence-corrected chi connectivity index (χ3v) is 5.18. The van der Waals surface area contributed by atoms with Gasteiger partial charge in [-0.15, -0.1) is 0 Å². The van der Waals surface area contributed by atoms with Crippen LogP contribution in [0.2, 0.25) is 0 Å². The summed E-state index contributed by atoms with van der Waals surface area (Å²) >= 11 is 0. The minimum absolute atomic E-state index is 0.0404. The predicted molar refractivity (Wildman–Crippen MR) is 117 cm³/mol. The predicted octanol–water partition coefficient (Wildman–Crippen LogP) is 4.62. The second kappa shape index (κ2) is 9.26. The topological polar surface area (TPSA) is 75.7 Å². The van der Waals surface area contributed by atoms with Crippen molar-refractivity contribution in [3.8, 4) is 11.1 Å². The molecule has 3 amide bonds. The Hall–Kier alpha value is -3.93. The number of hydrogen-bond acceptors (Lipinski definition) is 4. The molecule has 0 spiro atoms. The average molecular weight is 414 g/mol. The molecule has 0 unspecified atom stereocenters. The van der Waals surface area contributed by atoms with Crippen LogP contribution in [0.5, 0.6) is 0 Å². The lowest BCUT2D eigenvalue weighted by molar-refractivity contribution is -0.131. The van der Waals surface area contributed by atoms with Gasteiger partial charge >= 0.3 is 6.09 Å². The number of carbonyl (C=O) groups excluding carboxylic acids is 3. The van der Waals surface area contributed by atoms with Crippen LogP contribution in [0.3, 0.4) is 0 Å². The van der Waals surface area contributed by atoms with Gasteiger partial charge in [-0.2, -0.15) is 0 Å². The Morgan fingerprint density at radius 2 is 1.48 bits per heavy atom. The summed E-state index contributed by atoms with van der Waals surface area (Å²) < 4.78 is 5.26. The Morgan fingerprint density at radius 3 is 2.16 bits per heavy atom. The zero-order valence-electron chi connectivity index (χ0n) is 16.9. The minimum atomic E-state index is -0.885. The van der Waals surface area contributed by atoms with Gasteiger partial charge in [0.1, 0.15) is 12.6 Å². The molecule has 0 aromatic heterocycles. The van der Waals surface area contributed by atoms with Gasteiger partial charge in [0, 0.05) is 12.1 Å². The van der Waals surface area contributed by atoms with Crippen molar-refractivity contribution in [1.82, 2.24) is 4.90 Å². The van der Waals surface area contributed by atoms with Gasteiger partial charge in [0.05, 0.1) is 0 Å². The number of benzene rings is 3. The standard InChI is InChI=1S/C25H22N2O4/c28-23-16-15-22(27(23)25(30)31-17-18-7-3-1-4-8-18)24(29)26-21-13-11-20(12-14-21)19-9-5-2-6-10-19/h1-14,22H,15-17H2,(H,26,29)/t22-/m0/s1. The average Bonchev–Trinajstić information content (AvgIpc) is 3.21. The summed E-state index contributed by atoms with van der Waals surface area (Å²) in [4.78, 5) is 38.5. The van der Waals surface area contributed by atoms with Gasteiger partial charge in [0.25, 0.3) is 0 Å². The first-order valence-corrected chi connectivity index (χ1v) is 10.1. The molecule has 156 valence electrons. The van der Waals surface area contributed by atoms with Crippen molar-refractivity contribution in [2.24, 2.45) is 0 Å². The Kier molecular flexibility index (Phi) is 6.08. The number of nitrogens with one attached hydrogen (secondary N) is 1. The smallest absolute Gasteiger partial charge is 0.417 e. The van der Waals surface area contributed by atoms with E-state index < -0.39 is 23.9 Å². The molecular weight excluding hydrogens is 392 g/mol. The molecule has 1 aliphatic heterocycles. The van der Waals surface area contributed by atoms with E-state index in [1.54, 1.807) is 12.1 Å². The van der Waals surface area contributed by atoms with E-state index in [0.717, 1.165) is 21.6 Å². The van der Waals surface area contributed by atoms with Crippen molar-refractivity contribution in [3.63, 3.8) is 0 Å². The molecule has 1 fully saturated rings. The van der Waals surface area contributed by atoms with E-state index in [-0.39, 0.29) is 19.4 Å². The van der Waals surface area contributed by atoms with E-state index in [2.05, 4.69) is 5.32 Å². The molecule has 1 heterocycles. The van der Waals surface area contributed by atoms with Gasteiger partial charge in [0.2, 0.25) is 11.8 Å². The number of imide groups is 1. The number of rotatable bonds is 5. The molecule has 1 atom stereocenters. The molecule has 6 heteroatoms. The second-order valence-corrected chi connectivity index (χ2v) is 7.29. The van der Waals surface area contributed by atoms with E-state index in [4.69, 9.17) is 4.74 Å². The van der Waals surface area contributed by atoms with Crippen molar-refractivity contribution in [1.29, 1.82) is 0 Å². The first-order chi connectivity index (χ1) is 15.1. The van der Waals surface area contributed by atoms with Crippen molar-refractivity contribution < 1.29 is 19.1 Å². The lowest BCUT2D eigenvalue weighted by Gasteiger charge is -2.21. The van der Waals surface area contributed by atoms with Crippen LogP contribution in [-0.2, 0) is 20.9 Å². The highest BCUT2D eigenvalue weighted by atomic mass is 16.6. The summed E-state index contributed by atoms with van der Waals surface area (Å²) in [7, 11) is 0. The van der Waals surface area contributed by atoms with Gasteiger partial charge in [-0.3, -0.25) is 9.59 Å². The van der Waals surface area contributed by atoms with E-state index in [1.807, 2.05) is 72.8 Å². The van der Waals surface area contributed by atoms with E-state index >= 15 is 0 Å². The SMILES string of the molecule is O=C(Nc1ccc(-c2ccccc2)cc1)[C@@H]1CCC(=O)N1C(=O)OCc1ccccc1. The summed E-state index contributed by atoms with van der Waals surface area (Å²) in [6.07, 6.45) is -0.399. The molecule has 4 rings (SSSR count). The van der Waals surface area contributed by atoms with Crippen LogP contribution in [0.15, 0.2) is 84.9 Å². The monoisotopic (exact) mass is 414 g/mol. The van der Waals surface area contributed by atoms with E-state index in [9.17, 15) is 14.4 Å². The zero-order valence-corrected chi connectivity index (χ0v) is 16.9. The molecule has 1 N–H and O–H groups in total. The van der Waals surface area contributed by atoms with Crippen LogP contribution in [-0.4, -0.2) is 28.8 Å². The summed E-state index contributed by atoms with van der Waals surface area (Å²) in [5, 5.41) is 2.80. The first kappa shape index (κ1) is 20.3. The molecular formula is C25H22N2O4. The molecule has 0 saturated carbocycles. The summed E-state index contributed by atoms with van der Waals surface area (Å²) in [6.45, 7) is 0.0404. The summed E-state index contributed by atoms with van der Waals surface area (Å²) in [5.74, 6) is -0.812. The van der Waals surface area contributed by atoms with Gasteiger partial charge in [-0.05, 0) is 35.2 Å². The fourth-order valence-electron chi connectivity index (χ4n) is 3.55. The molecule has 3 aromatic rings. The molecule has 6 nitrogen and oxygen atoms in total. The number of nitrogens with zero attached hydrogens (tertiary/aromatic N) is 1. The number of amides is 3. The highest BCUT2D eigenvalue weighted by Gasteiger charge is 2.41. The molecule has 0 bridgehead atoms. The van der Waals surface area contributed by atoms with Crippen LogP contribution in [0.25, 0.3) is 11.1 Å². The van der Waals surface area contributed by atoms with Gasteiger partial charge < -0.3 is 10.1 Å². The number of anilines is 1. The van der Waals surface area contributed by atoms with Gasteiger partial charge in [0.15, 0.2) is 0 Å². The van der Waals surface area contributed by atoms with Gasteiger partial charge in [-0.25, -0.2) is 9.69 Å². The normalized spacial score (nSPS) is 15.5. The molecule has 1 aliphatic rings. The largest absolute Gasteiger partial charge is 0.444 e. The second-order valence-electron chi connectivity index (χ2n) is 7.29. The van der Waals surface area contributed by atoms with Crippen molar-refractivity contribution >= 4 is 23.6 Å². The fraction of sp³-hybridized carbons (Fsp3) is 0.160. The Labute approximate surface area is 180 Å². The Balaban J connectivity index is 1.40. The zero-order chi connectivity index (χ0) is 21.6. The third kappa shape index (κ3) is 4.80. The maximum absolute atomic E-state index is 12.8. The third-order valence-electron chi connectivity index (χ3n) is 5.18. The summed E-state index contributed by atoms with van der Waals surface area (Å²) in [6, 6.07) is 25.6. The molecule has 0 radical (unpaired) electrons. The van der Waals surface area contributed by atoms with Crippen LogP contribution in [0, 0.1) is 0 Å². The molecule has 31 heavy (non-hydrogen) atoms. The lowest BCUT2D eigenvalue weighted by atomic mass is 10.1. The Morgan fingerprint density at radius 1 is 0.871 bits per heavy atom. The van der Waals surface area contributed by atoms with Crippen LogP contribution >= 0.6 is 0 Å². The van der Waals surface area contributed by atoms with E-state index in [0.29, 0.717) is 5.69 Å². The van der Waals surface area contributed by atoms with Crippen molar-refractivity contribution in [2.75, 3.05) is 5.32 Å². The summed E-state index contributed by atoms with van der Waals surface area (Å²) in [5.41, 5.74) is 3.51. The number of ether oxygens (including phenoxy) is 1. The number of hydrogen-bond donors (Lipinski definition) is 1. The first-order valence-electron chi connectivity index (χ1n) is 10.1. The highest BCUT2D eigenvalue weighted by molar-refractivity contribution is 6.04. The van der Waals surface area contributed by atoms with Crippen LogP contribution in [0.4, 0.5) is 10.5 Å². The highest BCUT2D eigenvalue weighted by Crippen LogP contribution is 2.24. The number of carbonyl (C=O) groups is 3. The molecule has 3 aromatic carbocycles. The van der Waals surface area contributed by atoms with Crippen molar-refractivity contribution in [2.45, 2.75) is 25.5 Å². The minimum Gasteiger partial charge on any atom is -0.444 e. The fourth-order valence-corrected chi connectivity index (χ4v) is 3.55. The van der Waals surface area contributed by atoms with Crippen LogP contribution < -0.4 is 5.32 Å². The lowest BCUT2D eigenvalue weighted by Crippen LogP contribution is -2.45. The molecule has 0 aliphatic carbocycles. The maximum atomic E-state index is 12.8. The van der Waals surface area contributed by atoms with Crippen molar-refractivity contribution in [3.05, 3.63) is 90.5 Å². The van der Waals surface area contributed by atoms with E-state index in [1.165, 1.54) is 0 Å². The molecule has 1 saturated heterocycles. The Bertz CT molecular complexity index is 1070. The number of likely N-dealkylation sites (tertiary alicyclic amines) is 1. The van der Waals surface area contributed by atoms with Crippen LogP contribution in [0.1, 0.15) is 18.4 Å².